The van der Waals surface area contributed by atoms with Gasteiger partial charge in [0.05, 0.1) is 13.3 Å². The summed E-state index contributed by atoms with van der Waals surface area (Å²) in [6.45, 7) is 6.29. The van der Waals surface area contributed by atoms with Crippen molar-refractivity contribution in [3.63, 3.8) is 0 Å². The molecule has 1 aromatic heterocycles. The number of methoxy groups -OCH3 is 1. The fourth-order valence-corrected chi connectivity index (χ4v) is 3.53. The Kier molecular flexibility index (Phi) is 6.04. The Bertz CT molecular complexity index is 786. The lowest BCUT2D eigenvalue weighted by atomic mass is 9.96. The Labute approximate surface area is 161 Å². The van der Waals surface area contributed by atoms with Gasteiger partial charge in [0.15, 0.2) is 11.6 Å². The van der Waals surface area contributed by atoms with Crippen molar-refractivity contribution in [1.82, 2.24) is 9.97 Å². The van der Waals surface area contributed by atoms with E-state index in [1.54, 1.807) is 13.3 Å². The van der Waals surface area contributed by atoms with Gasteiger partial charge in [-0.3, -0.25) is 0 Å². The third-order valence-electron chi connectivity index (χ3n) is 5.09. The van der Waals surface area contributed by atoms with Gasteiger partial charge in [-0.25, -0.2) is 4.98 Å². The first kappa shape index (κ1) is 19.3. The highest BCUT2D eigenvalue weighted by Gasteiger charge is 2.17. The van der Waals surface area contributed by atoms with Crippen LogP contribution in [-0.4, -0.2) is 23.1 Å². The van der Waals surface area contributed by atoms with Crippen LogP contribution >= 0.6 is 0 Å². The number of anilines is 2. The molecule has 3 N–H and O–H groups in total. The second-order valence-corrected chi connectivity index (χ2v) is 7.54. The first-order valence-electron chi connectivity index (χ1n) is 9.73. The molecule has 0 atom stereocenters. The van der Waals surface area contributed by atoms with Gasteiger partial charge in [-0.05, 0) is 42.9 Å². The van der Waals surface area contributed by atoms with E-state index in [0.717, 1.165) is 35.5 Å². The number of nitrogens with zero attached hydrogens (tertiary/aromatic N) is 2. The maximum Gasteiger partial charge on any atom is 0.225 e. The summed E-state index contributed by atoms with van der Waals surface area (Å²) in [5.74, 6) is 3.16. The number of aryl methyl sites for hydroxylation is 1. The van der Waals surface area contributed by atoms with Crippen LogP contribution < -0.4 is 20.5 Å². The molecule has 0 aliphatic heterocycles. The molecule has 1 fully saturated rings. The number of nitrogens with two attached hydrogens (primary N) is 1. The lowest BCUT2D eigenvalue weighted by Gasteiger charge is -2.23. The summed E-state index contributed by atoms with van der Waals surface area (Å²) in [4.78, 5) is 8.80. The van der Waals surface area contributed by atoms with Crippen LogP contribution in [0.5, 0.6) is 17.2 Å². The quantitative estimate of drug-likeness (QED) is 0.741. The number of nitrogens with one attached hydrogen (secondary N) is 1. The molecule has 0 amide bonds. The fourth-order valence-electron chi connectivity index (χ4n) is 3.53. The second-order valence-electron chi connectivity index (χ2n) is 7.54. The van der Waals surface area contributed by atoms with Crippen LogP contribution in [0.3, 0.4) is 0 Å². The van der Waals surface area contributed by atoms with Gasteiger partial charge < -0.3 is 20.5 Å². The van der Waals surface area contributed by atoms with Crippen molar-refractivity contribution in [2.75, 3.05) is 18.2 Å². The van der Waals surface area contributed by atoms with Crippen LogP contribution in [0, 0.1) is 6.92 Å². The molecule has 27 heavy (non-hydrogen) atoms. The van der Waals surface area contributed by atoms with Crippen LogP contribution in [0.25, 0.3) is 0 Å². The predicted octanol–water partition coefficient (Wildman–Crippen LogP) is 5.04. The molecule has 0 unspecified atom stereocenters. The van der Waals surface area contributed by atoms with Crippen molar-refractivity contribution < 1.29 is 9.47 Å². The zero-order valence-corrected chi connectivity index (χ0v) is 16.7. The van der Waals surface area contributed by atoms with E-state index >= 15 is 0 Å². The number of rotatable bonds is 6. The van der Waals surface area contributed by atoms with Crippen LogP contribution in [0.1, 0.15) is 63.0 Å². The first-order valence-corrected chi connectivity index (χ1v) is 9.73. The number of aromatic nitrogens is 2. The SMILES string of the molecule is COc1cc(Oc2cnc(NC3CCCCC3)nc2N)c(C(C)C)cc1C. The number of benzene rings is 1. The minimum atomic E-state index is 0.305. The monoisotopic (exact) mass is 370 g/mol. The van der Waals surface area contributed by atoms with Crippen LogP contribution in [0.15, 0.2) is 18.3 Å². The molecule has 146 valence electrons. The minimum Gasteiger partial charge on any atom is -0.496 e. The van der Waals surface area contributed by atoms with Gasteiger partial charge in [-0.15, -0.1) is 0 Å². The van der Waals surface area contributed by atoms with Gasteiger partial charge >= 0.3 is 0 Å². The van der Waals surface area contributed by atoms with E-state index in [1.165, 1.54) is 19.3 Å². The van der Waals surface area contributed by atoms with Crippen LogP contribution in [-0.2, 0) is 0 Å². The molecule has 6 nitrogen and oxygen atoms in total. The Hall–Kier alpha value is -2.50. The lowest BCUT2D eigenvalue weighted by molar-refractivity contribution is 0.404. The van der Waals surface area contributed by atoms with Gasteiger partial charge in [0.1, 0.15) is 11.5 Å². The van der Waals surface area contributed by atoms with Crippen molar-refractivity contribution in [3.05, 3.63) is 29.5 Å². The molecule has 0 saturated heterocycles. The van der Waals surface area contributed by atoms with E-state index in [1.807, 2.05) is 13.0 Å². The van der Waals surface area contributed by atoms with Crippen molar-refractivity contribution in [3.8, 4) is 17.2 Å². The molecule has 1 saturated carbocycles. The number of hydrogen-bond donors (Lipinski definition) is 2. The molecular weight excluding hydrogens is 340 g/mol. The smallest absolute Gasteiger partial charge is 0.225 e. The summed E-state index contributed by atoms with van der Waals surface area (Å²) in [5, 5.41) is 3.39. The average Bonchev–Trinajstić information content (AvgIpc) is 2.65. The second kappa shape index (κ2) is 8.46. The van der Waals surface area contributed by atoms with Gasteiger partial charge in [0, 0.05) is 12.1 Å². The largest absolute Gasteiger partial charge is 0.496 e. The molecule has 1 aliphatic carbocycles. The summed E-state index contributed by atoms with van der Waals surface area (Å²) in [5.41, 5.74) is 8.32. The van der Waals surface area contributed by atoms with Crippen molar-refractivity contribution in [2.24, 2.45) is 0 Å². The third kappa shape index (κ3) is 4.62. The molecule has 0 bridgehead atoms. The summed E-state index contributed by atoms with van der Waals surface area (Å²) in [6.07, 6.45) is 7.77. The van der Waals surface area contributed by atoms with Crippen LogP contribution in [0.4, 0.5) is 11.8 Å². The molecule has 6 heteroatoms. The van der Waals surface area contributed by atoms with Crippen molar-refractivity contribution in [2.45, 2.75) is 64.8 Å². The highest BCUT2D eigenvalue weighted by Crippen LogP contribution is 2.37. The van der Waals surface area contributed by atoms with Crippen LogP contribution in [0.2, 0.25) is 0 Å². The zero-order valence-electron chi connectivity index (χ0n) is 16.7. The molecule has 1 aliphatic rings. The Morgan fingerprint density at radius 1 is 1.11 bits per heavy atom. The van der Waals surface area contributed by atoms with Crippen molar-refractivity contribution in [1.29, 1.82) is 0 Å². The molecule has 1 aromatic carbocycles. The minimum absolute atomic E-state index is 0.305. The summed E-state index contributed by atoms with van der Waals surface area (Å²) in [7, 11) is 1.66. The summed E-state index contributed by atoms with van der Waals surface area (Å²) < 4.78 is 11.5. The fraction of sp³-hybridized carbons (Fsp3) is 0.524. The Balaban J connectivity index is 1.81. The molecule has 1 heterocycles. The number of nitrogen functional groups attached to an aromatic ring is 1. The van der Waals surface area contributed by atoms with Crippen molar-refractivity contribution >= 4 is 11.8 Å². The summed E-state index contributed by atoms with van der Waals surface area (Å²) >= 11 is 0. The predicted molar refractivity (Wildman–Crippen MR) is 109 cm³/mol. The molecule has 3 rings (SSSR count). The standard InChI is InChI=1S/C21H30N4O2/c1-13(2)16-10-14(3)17(26-4)11-18(16)27-19-12-23-21(25-20(19)22)24-15-8-6-5-7-9-15/h10-13,15H,5-9H2,1-4H3,(H3,22,23,24,25). The lowest BCUT2D eigenvalue weighted by Crippen LogP contribution is -2.23. The Morgan fingerprint density at radius 2 is 1.85 bits per heavy atom. The first-order chi connectivity index (χ1) is 13.0. The normalized spacial score (nSPS) is 15.0. The van der Waals surface area contributed by atoms with Gasteiger partial charge in [0.2, 0.25) is 5.95 Å². The zero-order chi connectivity index (χ0) is 19.4. The summed E-state index contributed by atoms with van der Waals surface area (Å²) in [6, 6.07) is 4.42. The van der Waals surface area contributed by atoms with Gasteiger partial charge in [0.25, 0.3) is 0 Å². The maximum atomic E-state index is 6.15. The molecular formula is C21H30N4O2. The van der Waals surface area contributed by atoms with E-state index in [4.69, 9.17) is 15.2 Å². The third-order valence-corrected chi connectivity index (χ3v) is 5.09. The number of ether oxygens (including phenoxy) is 2. The van der Waals surface area contributed by atoms with E-state index in [2.05, 4.69) is 35.2 Å². The molecule has 0 spiro atoms. The van der Waals surface area contributed by atoms with E-state index in [0.29, 0.717) is 29.5 Å². The average molecular weight is 370 g/mol. The highest BCUT2D eigenvalue weighted by atomic mass is 16.5. The Morgan fingerprint density at radius 3 is 2.48 bits per heavy atom. The molecule has 0 radical (unpaired) electrons. The van der Waals surface area contributed by atoms with Gasteiger partial charge in [-0.2, -0.15) is 4.98 Å². The van der Waals surface area contributed by atoms with E-state index in [-0.39, 0.29) is 0 Å². The maximum absolute atomic E-state index is 6.15. The van der Waals surface area contributed by atoms with Gasteiger partial charge in [-0.1, -0.05) is 33.1 Å². The molecule has 2 aromatic rings. The van der Waals surface area contributed by atoms with E-state index < -0.39 is 0 Å². The highest BCUT2D eigenvalue weighted by molar-refractivity contribution is 5.54. The topological polar surface area (TPSA) is 82.3 Å². The van der Waals surface area contributed by atoms with E-state index in [9.17, 15) is 0 Å². The number of hydrogen-bond acceptors (Lipinski definition) is 6.